The lowest BCUT2D eigenvalue weighted by Gasteiger charge is -2.38. The molecule has 2 heterocycles. The number of likely N-dealkylation sites (tertiary alicyclic amines) is 2. The molecule has 0 spiro atoms. The fourth-order valence-corrected chi connectivity index (χ4v) is 13.8. The Bertz CT molecular complexity index is 3730. The second-order valence-electron chi connectivity index (χ2n) is 29.2. The lowest BCUT2D eigenvalue weighted by Crippen LogP contribution is -2.53. The summed E-state index contributed by atoms with van der Waals surface area (Å²) in [7, 11) is -1.42. The van der Waals surface area contributed by atoms with Crippen molar-refractivity contribution < 1.29 is 75.6 Å². The smallest absolute Gasteiger partial charge is 0.411 e. The van der Waals surface area contributed by atoms with Gasteiger partial charge in [-0.05, 0) is 127 Å². The summed E-state index contributed by atoms with van der Waals surface area (Å²) in [5, 5.41) is 13.5. The fourth-order valence-electron chi connectivity index (χ4n) is 11.7. The van der Waals surface area contributed by atoms with Crippen LogP contribution in [-0.2, 0) is 39.3 Å². The van der Waals surface area contributed by atoms with Gasteiger partial charge in [-0.15, -0.1) is 0 Å². The second-order valence-corrected chi connectivity index (χ2v) is 38.8. The number of fused-ring (bicyclic) bond motifs is 3. The van der Waals surface area contributed by atoms with Gasteiger partial charge in [-0.1, -0.05) is 129 Å². The number of methoxy groups -OCH3 is 2. The van der Waals surface area contributed by atoms with Gasteiger partial charge in [-0.25, -0.2) is 14.4 Å². The van der Waals surface area contributed by atoms with Crippen molar-refractivity contribution in [3.8, 4) is 34.1 Å². The molecule has 7 amide bonds. The number of rotatable bonds is 30. The van der Waals surface area contributed by atoms with E-state index >= 15 is 0 Å². The Morgan fingerprint density at radius 3 is 1.50 bits per heavy atom. The molecule has 0 radical (unpaired) electrons. The molecule has 8 rings (SSSR count). The average Bonchev–Trinajstić information content (AvgIpc) is 1.66. The summed E-state index contributed by atoms with van der Waals surface area (Å²) < 4.78 is 54.6. The zero-order valence-electron chi connectivity index (χ0n) is 61.3. The molecule has 1 aliphatic carbocycles. The average molecular weight is 1430 g/mol. The van der Waals surface area contributed by atoms with Crippen molar-refractivity contribution in [3.63, 3.8) is 0 Å². The zero-order chi connectivity index (χ0) is 73.6. The van der Waals surface area contributed by atoms with Crippen LogP contribution in [0.3, 0.4) is 0 Å². The van der Waals surface area contributed by atoms with Crippen molar-refractivity contribution in [2.45, 2.75) is 167 Å². The van der Waals surface area contributed by atoms with E-state index in [1.165, 1.54) is 33.3 Å². The minimum atomic E-state index is -2.19. The lowest BCUT2D eigenvalue weighted by atomic mass is 9.98. The SMILES string of the molecule is C=CCOC(=O)N[C@H](C(=O)N[C@@H](C)C(=O)Nc1ccc(COC(=O)Nc2cc(OCCCOc3cc(NC(=O)OCC4c5ccccc5-c5ccccc54)c(C(=O)N4CCC[C@H]4CO[Si](C)(C)C(C)(C)C)cc3OC)c(OC)cc2C(=O)N2CCC[C@H]2CO[Si](C)(C)C(C)(C)C)cc1)C(C)C. The number of benzene rings is 5. The van der Waals surface area contributed by atoms with Crippen molar-refractivity contribution in [1.29, 1.82) is 0 Å². The molecule has 5 aromatic carbocycles. The van der Waals surface area contributed by atoms with E-state index in [1.807, 2.05) is 41.3 Å². The standard InChI is InChI=1S/C76H103N7O16Si2/c1-17-37-95-74(90)81-67(48(2)3)69(85)77-49(4)68(84)78-51-33-31-50(32-34-51)44-96-72(88)79-61-42-65(63(91-11)40-58(61)70(86)82-35-22-25-52(82)45-98-100(13,14)75(5,6)7)93-38-24-39-94-66-43-62(80-73(89)97-47-60-56-29-20-18-27-54(56)55-28-19-21-30-57(55)60)59(41-64(66)92-12)71(87)83-36-23-26-53(83)46-99-101(15,16)76(8,9)10/h17-21,27-34,40-43,48-49,52-53,60,67H,1,22-26,35-39,44-47H2,2-16H3,(H,77,85)(H,78,84)(H,79,88)(H,80,89)(H,81,90)/t49-,52-,53-,67-/m0/s1. The fraction of sp³-hybridized carbons (Fsp3) is 0.487. The summed E-state index contributed by atoms with van der Waals surface area (Å²) in [6.45, 7) is 31.9. The molecule has 0 bridgehead atoms. The van der Waals surface area contributed by atoms with Crippen LogP contribution in [0.4, 0.5) is 31.4 Å². The van der Waals surface area contributed by atoms with Crippen LogP contribution in [0.2, 0.25) is 36.3 Å². The highest BCUT2D eigenvalue weighted by molar-refractivity contribution is 6.74. The van der Waals surface area contributed by atoms with Crippen LogP contribution in [0.25, 0.3) is 11.1 Å². The summed E-state index contributed by atoms with van der Waals surface area (Å²) in [4.78, 5) is 99.9. The predicted octanol–water partition coefficient (Wildman–Crippen LogP) is 14.3. The number of nitrogens with one attached hydrogen (secondary N) is 5. The van der Waals surface area contributed by atoms with Crippen LogP contribution in [0.1, 0.15) is 138 Å². The summed E-state index contributed by atoms with van der Waals surface area (Å²) in [5.74, 6) is -1.34. The number of carbonyl (C=O) groups excluding carboxylic acids is 7. The van der Waals surface area contributed by atoms with Gasteiger partial charge in [0.1, 0.15) is 31.9 Å². The molecule has 0 saturated carbocycles. The van der Waals surface area contributed by atoms with Crippen LogP contribution < -0.4 is 45.5 Å². The Balaban J connectivity index is 0.970. The molecule has 23 nitrogen and oxygen atoms in total. The van der Waals surface area contributed by atoms with E-state index in [1.54, 1.807) is 61.2 Å². The normalized spacial score (nSPS) is 15.9. The molecule has 101 heavy (non-hydrogen) atoms. The first-order valence-corrected chi connectivity index (χ1v) is 40.6. The summed E-state index contributed by atoms with van der Waals surface area (Å²) >= 11 is 0. The van der Waals surface area contributed by atoms with E-state index in [9.17, 15) is 33.6 Å². The minimum absolute atomic E-state index is 0.0305. The van der Waals surface area contributed by atoms with Crippen molar-refractivity contribution in [2.24, 2.45) is 5.92 Å². The summed E-state index contributed by atoms with van der Waals surface area (Å²) in [6.07, 6.45) is 2.29. The quantitative estimate of drug-likeness (QED) is 0.0124. The number of ether oxygens (including phenoxy) is 7. The maximum absolute atomic E-state index is 14.9. The number of hydrogen-bond acceptors (Lipinski definition) is 16. The van der Waals surface area contributed by atoms with Crippen molar-refractivity contribution in [2.75, 3.05) is 82.9 Å². The second kappa shape index (κ2) is 34.2. The topological polar surface area (TPSA) is 269 Å². The van der Waals surface area contributed by atoms with Gasteiger partial charge < -0.3 is 67.8 Å². The molecule has 4 atom stereocenters. The zero-order valence-corrected chi connectivity index (χ0v) is 63.3. The molecule has 0 unspecified atom stereocenters. The Labute approximate surface area is 596 Å². The van der Waals surface area contributed by atoms with Crippen LogP contribution in [-0.4, -0.2) is 159 Å². The molecule has 5 N–H and O–H groups in total. The number of carbonyl (C=O) groups is 7. The molecular formula is C76H103N7O16Si2. The highest BCUT2D eigenvalue weighted by Crippen LogP contribution is 2.46. The van der Waals surface area contributed by atoms with E-state index < -0.39 is 58.8 Å². The summed E-state index contributed by atoms with van der Waals surface area (Å²) in [6, 6.07) is 26.6. The lowest BCUT2D eigenvalue weighted by molar-refractivity contribution is -0.128. The Hall–Kier alpha value is -8.92. The first-order chi connectivity index (χ1) is 47.8. The third kappa shape index (κ3) is 19.8. The van der Waals surface area contributed by atoms with Gasteiger partial charge in [0.15, 0.2) is 39.6 Å². The van der Waals surface area contributed by atoms with E-state index in [4.69, 9.17) is 42.0 Å². The number of anilines is 3. The van der Waals surface area contributed by atoms with Crippen molar-refractivity contribution in [3.05, 3.63) is 138 Å². The van der Waals surface area contributed by atoms with Gasteiger partial charge in [0.2, 0.25) is 11.8 Å². The maximum atomic E-state index is 14.9. The first-order valence-electron chi connectivity index (χ1n) is 34.7. The van der Waals surface area contributed by atoms with E-state index in [0.717, 1.165) is 47.9 Å². The van der Waals surface area contributed by atoms with Gasteiger partial charge in [0, 0.05) is 43.2 Å². The van der Waals surface area contributed by atoms with E-state index in [0.29, 0.717) is 37.6 Å². The Morgan fingerprint density at radius 2 is 1.05 bits per heavy atom. The summed E-state index contributed by atoms with van der Waals surface area (Å²) in [5.41, 5.74) is 5.85. The highest BCUT2D eigenvalue weighted by atomic mass is 28.4. The molecule has 5 aromatic rings. The third-order valence-corrected chi connectivity index (χ3v) is 28.8. The van der Waals surface area contributed by atoms with Crippen LogP contribution in [0, 0.1) is 5.92 Å². The number of nitrogens with zero attached hydrogens (tertiary/aromatic N) is 2. The molecule has 25 heteroatoms. The molecule has 546 valence electrons. The first kappa shape index (κ1) is 77.8. The van der Waals surface area contributed by atoms with E-state index in [2.05, 4.69) is 113 Å². The van der Waals surface area contributed by atoms with Crippen LogP contribution >= 0.6 is 0 Å². The monoisotopic (exact) mass is 1430 g/mol. The van der Waals surface area contributed by atoms with Crippen LogP contribution in [0.15, 0.2) is 110 Å². The van der Waals surface area contributed by atoms with E-state index in [-0.39, 0.29) is 131 Å². The minimum Gasteiger partial charge on any atom is -0.493 e. The van der Waals surface area contributed by atoms with Gasteiger partial charge in [0.25, 0.3) is 11.8 Å². The van der Waals surface area contributed by atoms with Gasteiger partial charge in [0.05, 0.1) is 75.2 Å². The predicted molar refractivity (Wildman–Crippen MR) is 394 cm³/mol. The van der Waals surface area contributed by atoms with Gasteiger partial charge >= 0.3 is 18.3 Å². The van der Waals surface area contributed by atoms with Crippen molar-refractivity contribution >= 4 is 75.6 Å². The molecular weight excluding hydrogens is 1320 g/mol. The number of amides is 7. The molecule has 2 aliphatic heterocycles. The Kier molecular flexibility index (Phi) is 26.3. The third-order valence-electron chi connectivity index (χ3n) is 19.7. The molecule has 0 aromatic heterocycles. The van der Waals surface area contributed by atoms with Crippen LogP contribution in [0.5, 0.6) is 23.0 Å². The molecule has 2 fully saturated rings. The van der Waals surface area contributed by atoms with Gasteiger partial charge in [-0.2, -0.15) is 0 Å². The van der Waals surface area contributed by atoms with Gasteiger partial charge in [-0.3, -0.25) is 29.8 Å². The van der Waals surface area contributed by atoms with Crippen molar-refractivity contribution in [1.82, 2.24) is 20.4 Å². The maximum Gasteiger partial charge on any atom is 0.411 e. The number of alkyl carbamates (subject to hydrolysis) is 1. The molecule has 3 aliphatic rings. The highest BCUT2D eigenvalue weighted by Gasteiger charge is 2.42. The number of hydrogen-bond donors (Lipinski definition) is 5. The molecule has 2 saturated heterocycles. The Morgan fingerprint density at radius 1 is 0.574 bits per heavy atom. The largest absolute Gasteiger partial charge is 0.493 e.